The second-order valence-electron chi connectivity index (χ2n) is 5.58. The predicted molar refractivity (Wildman–Crippen MR) is 108 cm³/mol. The summed E-state index contributed by atoms with van der Waals surface area (Å²) in [7, 11) is 3.95. The number of imidazole rings is 1. The van der Waals surface area contributed by atoms with Gasteiger partial charge in [-0.05, 0) is 23.9 Å². The lowest BCUT2D eigenvalue weighted by molar-refractivity contribution is 0.648. The maximum atomic E-state index is 5.55. The first-order valence-electron chi connectivity index (χ1n) is 7.49. The molecule has 0 bridgehead atoms. The van der Waals surface area contributed by atoms with Crippen LogP contribution in [0.3, 0.4) is 0 Å². The van der Waals surface area contributed by atoms with Crippen molar-refractivity contribution in [1.82, 2.24) is 14.3 Å². The summed E-state index contributed by atoms with van der Waals surface area (Å²) in [5.74, 6) is 0. The average molecular weight is 370 g/mol. The van der Waals surface area contributed by atoms with Crippen LogP contribution in [0, 0.1) is 0 Å². The highest BCUT2D eigenvalue weighted by atomic mass is 32.2. The molecule has 2 aromatic carbocycles. The molecular weight excluding hydrogens is 354 g/mol. The van der Waals surface area contributed by atoms with Crippen LogP contribution in [0.4, 0.5) is 0 Å². The van der Waals surface area contributed by atoms with E-state index in [0.29, 0.717) is 0 Å². The molecule has 2 aromatic heterocycles. The van der Waals surface area contributed by atoms with Gasteiger partial charge < -0.3 is 4.90 Å². The number of benzene rings is 2. The van der Waals surface area contributed by atoms with Crippen molar-refractivity contribution in [2.45, 2.75) is 5.03 Å². The molecule has 24 heavy (non-hydrogen) atoms. The van der Waals surface area contributed by atoms with Crippen molar-refractivity contribution in [3.63, 3.8) is 0 Å². The summed E-state index contributed by atoms with van der Waals surface area (Å²) < 4.78 is 4.28. The Morgan fingerprint density at radius 2 is 1.79 bits per heavy atom. The van der Waals surface area contributed by atoms with Crippen molar-refractivity contribution in [2.75, 3.05) is 14.1 Å². The maximum Gasteiger partial charge on any atom is 0.196 e. The molecule has 0 aliphatic heterocycles. The number of hydrogen-bond acceptors (Lipinski definition) is 4. The van der Waals surface area contributed by atoms with Crippen molar-refractivity contribution < 1.29 is 0 Å². The summed E-state index contributed by atoms with van der Waals surface area (Å²) in [5, 5.41) is 1.08. The van der Waals surface area contributed by atoms with E-state index >= 15 is 0 Å². The van der Waals surface area contributed by atoms with E-state index in [9.17, 15) is 0 Å². The van der Waals surface area contributed by atoms with Gasteiger partial charge in [0.15, 0.2) is 4.96 Å². The van der Waals surface area contributed by atoms with E-state index in [1.54, 1.807) is 23.1 Å². The minimum atomic E-state index is 0.823. The lowest BCUT2D eigenvalue weighted by Gasteiger charge is -2.13. The fourth-order valence-electron chi connectivity index (χ4n) is 2.55. The number of thioether (sulfide) groups is 1. The fraction of sp³-hybridized carbons (Fsp3) is 0.111. The van der Waals surface area contributed by atoms with E-state index in [4.69, 9.17) is 17.2 Å². The molecule has 0 spiro atoms. The number of nitrogens with zero attached hydrogens (tertiary/aromatic N) is 3. The van der Waals surface area contributed by atoms with Gasteiger partial charge in [-0.2, -0.15) is 0 Å². The Kier molecular flexibility index (Phi) is 4.04. The first-order chi connectivity index (χ1) is 11.6. The van der Waals surface area contributed by atoms with Gasteiger partial charge in [0.25, 0.3) is 0 Å². The smallest absolute Gasteiger partial charge is 0.196 e. The molecule has 0 amide bonds. The molecule has 0 fully saturated rings. The summed E-state index contributed by atoms with van der Waals surface area (Å²) in [5.41, 5.74) is 3.28. The first-order valence-corrected chi connectivity index (χ1v) is 9.54. The fourth-order valence-corrected chi connectivity index (χ4v) is 4.75. The number of fused-ring (bicyclic) bond motifs is 3. The highest BCUT2D eigenvalue weighted by molar-refractivity contribution is 8.23. The van der Waals surface area contributed by atoms with E-state index in [1.807, 2.05) is 37.2 Å². The van der Waals surface area contributed by atoms with E-state index in [-0.39, 0.29) is 0 Å². The van der Waals surface area contributed by atoms with Gasteiger partial charge in [-0.3, -0.25) is 4.40 Å². The minimum absolute atomic E-state index is 0.823. The molecule has 0 N–H and O–H groups in total. The van der Waals surface area contributed by atoms with Gasteiger partial charge in [0.2, 0.25) is 0 Å². The van der Waals surface area contributed by atoms with Gasteiger partial charge in [0.05, 0.1) is 10.2 Å². The molecule has 0 aliphatic carbocycles. The largest absolute Gasteiger partial charge is 0.363 e. The lowest BCUT2D eigenvalue weighted by atomic mass is 10.2. The normalized spacial score (nSPS) is 11.2. The van der Waals surface area contributed by atoms with Gasteiger partial charge in [-0.15, -0.1) is 0 Å². The van der Waals surface area contributed by atoms with Crippen molar-refractivity contribution >= 4 is 54.8 Å². The number of hydrogen-bond donors (Lipinski definition) is 0. The lowest BCUT2D eigenvalue weighted by Crippen LogP contribution is -2.16. The number of thiazole rings is 1. The Labute approximate surface area is 153 Å². The molecule has 4 aromatic rings. The van der Waals surface area contributed by atoms with Crippen molar-refractivity contribution in [3.05, 3.63) is 54.6 Å². The second-order valence-corrected chi connectivity index (χ2v) is 8.21. The molecule has 0 saturated heterocycles. The van der Waals surface area contributed by atoms with E-state index in [0.717, 1.165) is 25.6 Å². The maximum absolute atomic E-state index is 5.55. The minimum Gasteiger partial charge on any atom is -0.363 e. The zero-order chi connectivity index (χ0) is 16.7. The van der Waals surface area contributed by atoms with Gasteiger partial charge in [-0.25, -0.2) is 4.98 Å². The molecule has 0 atom stereocenters. The van der Waals surface area contributed by atoms with Crippen molar-refractivity contribution in [3.8, 4) is 11.3 Å². The Morgan fingerprint density at radius 3 is 2.54 bits per heavy atom. The van der Waals surface area contributed by atoms with Gasteiger partial charge >= 0.3 is 0 Å². The summed E-state index contributed by atoms with van der Waals surface area (Å²) in [6, 6.07) is 18.7. The van der Waals surface area contributed by atoms with Crippen LogP contribution >= 0.6 is 35.3 Å². The van der Waals surface area contributed by atoms with Gasteiger partial charge in [0, 0.05) is 19.7 Å². The standard InChI is InChI=1S/C18H15N3S3/c1-20(2)18(22)24-16-15(12-8-4-3-5-9-12)19-17-21(16)13-10-6-7-11-14(13)23-17/h3-11H,1-2H3. The predicted octanol–water partition coefficient (Wildman–Crippen LogP) is 5.15. The molecule has 3 nitrogen and oxygen atoms in total. The Balaban J connectivity index is 2.00. The topological polar surface area (TPSA) is 20.5 Å². The van der Waals surface area contributed by atoms with E-state index in [2.05, 4.69) is 40.8 Å². The molecule has 0 unspecified atom stereocenters. The van der Waals surface area contributed by atoms with E-state index in [1.165, 1.54) is 10.2 Å². The third-order valence-corrected chi connectivity index (χ3v) is 6.45. The van der Waals surface area contributed by atoms with Gasteiger partial charge in [0.1, 0.15) is 15.0 Å². The average Bonchev–Trinajstić information content (AvgIpc) is 3.12. The van der Waals surface area contributed by atoms with Crippen LogP contribution < -0.4 is 0 Å². The van der Waals surface area contributed by atoms with Crippen LogP contribution in [0.5, 0.6) is 0 Å². The van der Waals surface area contributed by atoms with Crippen LogP contribution in [0.25, 0.3) is 26.4 Å². The summed E-state index contributed by atoms with van der Waals surface area (Å²) in [6.45, 7) is 0. The Bertz CT molecular complexity index is 1030. The van der Waals surface area contributed by atoms with Crippen LogP contribution in [0.15, 0.2) is 59.6 Å². The van der Waals surface area contributed by atoms with Crippen LogP contribution in [0.2, 0.25) is 0 Å². The number of aromatic nitrogens is 2. The van der Waals surface area contributed by atoms with E-state index < -0.39 is 0 Å². The second kappa shape index (κ2) is 6.20. The number of rotatable bonds is 2. The highest BCUT2D eigenvalue weighted by Gasteiger charge is 2.20. The summed E-state index contributed by atoms with van der Waals surface area (Å²) >= 11 is 8.85. The number of thiocarbonyl (C=S) groups is 1. The molecule has 120 valence electrons. The zero-order valence-corrected chi connectivity index (χ0v) is 15.7. The molecule has 2 heterocycles. The molecule has 0 aliphatic rings. The van der Waals surface area contributed by atoms with Crippen molar-refractivity contribution in [2.24, 2.45) is 0 Å². The monoisotopic (exact) mass is 369 g/mol. The third-order valence-electron chi connectivity index (χ3n) is 3.71. The quantitative estimate of drug-likeness (QED) is 0.359. The highest BCUT2D eigenvalue weighted by Crippen LogP contribution is 2.38. The molecule has 0 radical (unpaired) electrons. The summed E-state index contributed by atoms with van der Waals surface area (Å²) in [4.78, 5) is 7.88. The number of para-hydroxylation sites is 1. The van der Waals surface area contributed by atoms with Gasteiger partial charge in [-0.1, -0.05) is 66.0 Å². The molecular formula is C18H15N3S3. The SMILES string of the molecule is CN(C)C(=S)Sc1c(-c2ccccc2)nc2sc3ccccc3n12. The van der Waals surface area contributed by atoms with Crippen LogP contribution in [-0.2, 0) is 0 Å². The molecule has 6 heteroatoms. The molecule has 0 saturated carbocycles. The third kappa shape index (κ3) is 2.60. The van der Waals surface area contributed by atoms with Crippen molar-refractivity contribution in [1.29, 1.82) is 0 Å². The van der Waals surface area contributed by atoms with Crippen LogP contribution in [-0.4, -0.2) is 32.7 Å². The molecule has 4 rings (SSSR count). The zero-order valence-electron chi connectivity index (χ0n) is 13.3. The Hall–Kier alpha value is -1.89. The summed E-state index contributed by atoms with van der Waals surface area (Å²) in [6.07, 6.45) is 0. The first kappa shape index (κ1) is 15.6. The van der Waals surface area contributed by atoms with Crippen LogP contribution in [0.1, 0.15) is 0 Å². The Morgan fingerprint density at radius 1 is 1.08 bits per heavy atom.